The summed E-state index contributed by atoms with van der Waals surface area (Å²) >= 11 is 0. The van der Waals surface area contributed by atoms with Crippen molar-refractivity contribution in [2.75, 3.05) is 5.43 Å². The molecule has 1 N–H and O–H groups in total. The maximum Gasteiger partial charge on any atom is 0.204 e. The Balaban J connectivity index is 2.20. The number of rotatable bonds is 4. The second kappa shape index (κ2) is 6.55. The molecule has 1 aromatic carbocycles. The molecule has 1 atom stereocenters. The third-order valence-electron chi connectivity index (χ3n) is 2.81. The Hall–Kier alpha value is -2.13. The molecular formula is C15H21N5Si. The van der Waals surface area contributed by atoms with Crippen LogP contribution in [0.4, 0.5) is 0 Å². The molecule has 2 aromatic rings. The number of nitrogens with one attached hydrogen (secondary N) is 1. The number of tetrazole rings is 1. The molecule has 0 saturated carbocycles. The lowest BCUT2D eigenvalue weighted by Crippen LogP contribution is -2.29. The van der Waals surface area contributed by atoms with Crippen LogP contribution in [0.15, 0.2) is 30.3 Å². The van der Waals surface area contributed by atoms with E-state index in [1.54, 1.807) is 4.79 Å². The maximum atomic E-state index is 4.08. The molecule has 0 aliphatic carbocycles. The molecule has 0 fully saturated rings. The summed E-state index contributed by atoms with van der Waals surface area (Å²) in [5, 5.41) is 11.9. The molecule has 0 bridgehead atoms. The van der Waals surface area contributed by atoms with Gasteiger partial charge in [-0.15, -0.1) is 15.4 Å². The van der Waals surface area contributed by atoms with Gasteiger partial charge in [0.2, 0.25) is 5.82 Å². The molecule has 6 heteroatoms. The van der Waals surface area contributed by atoms with Gasteiger partial charge in [-0.05, 0) is 16.8 Å². The summed E-state index contributed by atoms with van der Waals surface area (Å²) < 4.78 is 0. The average molecular weight is 299 g/mol. The van der Waals surface area contributed by atoms with Crippen LogP contribution in [-0.4, -0.2) is 34.4 Å². The number of aromatic nitrogens is 4. The van der Waals surface area contributed by atoms with E-state index >= 15 is 0 Å². The van der Waals surface area contributed by atoms with Crippen LogP contribution in [0.1, 0.15) is 13.3 Å². The summed E-state index contributed by atoms with van der Waals surface area (Å²) in [6, 6.07) is 9.92. The number of benzene rings is 1. The predicted molar refractivity (Wildman–Crippen MR) is 87.8 cm³/mol. The summed E-state index contributed by atoms with van der Waals surface area (Å²) in [6.07, 6.45) is 0.894. The first-order valence-corrected chi connectivity index (χ1v) is 10.6. The molecule has 2 rings (SSSR count). The van der Waals surface area contributed by atoms with Crippen molar-refractivity contribution in [2.24, 2.45) is 0 Å². The van der Waals surface area contributed by atoms with Crippen molar-refractivity contribution in [1.82, 2.24) is 20.3 Å². The fourth-order valence-corrected chi connectivity index (χ4v) is 2.33. The van der Waals surface area contributed by atoms with Crippen LogP contribution in [0, 0.1) is 11.5 Å². The van der Waals surface area contributed by atoms with Gasteiger partial charge in [0.15, 0.2) is 0 Å². The molecule has 1 aromatic heterocycles. The predicted octanol–water partition coefficient (Wildman–Crippen LogP) is 2.54. The quantitative estimate of drug-likeness (QED) is 0.696. The first kappa shape index (κ1) is 15.3. The van der Waals surface area contributed by atoms with Gasteiger partial charge < -0.3 is 0 Å². The summed E-state index contributed by atoms with van der Waals surface area (Å²) in [7, 11) is -1.38. The molecule has 0 unspecified atom stereocenters. The van der Waals surface area contributed by atoms with Crippen molar-refractivity contribution in [2.45, 2.75) is 39.0 Å². The smallest absolute Gasteiger partial charge is 0.204 e. The van der Waals surface area contributed by atoms with Crippen LogP contribution in [0.5, 0.6) is 0 Å². The lowest BCUT2D eigenvalue weighted by Gasteiger charge is -2.14. The molecule has 0 amide bonds. The van der Waals surface area contributed by atoms with E-state index in [0.717, 1.165) is 12.0 Å². The van der Waals surface area contributed by atoms with E-state index in [-0.39, 0.29) is 6.04 Å². The lowest BCUT2D eigenvalue weighted by atomic mass is 10.2. The Morgan fingerprint density at radius 2 is 1.95 bits per heavy atom. The molecule has 21 heavy (non-hydrogen) atoms. The van der Waals surface area contributed by atoms with Crippen LogP contribution < -0.4 is 5.43 Å². The number of hydrogen-bond donors (Lipinski definition) is 1. The van der Waals surface area contributed by atoms with E-state index in [1.165, 1.54) is 0 Å². The molecule has 0 saturated heterocycles. The summed E-state index contributed by atoms with van der Waals surface area (Å²) in [5.74, 6) is 4.01. The molecule has 0 spiro atoms. The van der Waals surface area contributed by atoms with E-state index in [9.17, 15) is 0 Å². The zero-order valence-corrected chi connectivity index (χ0v) is 14.0. The number of hydrogen-bond acceptors (Lipinski definition) is 4. The highest BCUT2D eigenvalue weighted by Gasteiger charge is 2.12. The van der Waals surface area contributed by atoms with Crippen molar-refractivity contribution in [1.29, 1.82) is 0 Å². The third-order valence-corrected chi connectivity index (χ3v) is 3.70. The first-order chi connectivity index (χ1) is 9.99. The van der Waals surface area contributed by atoms with Gasteiger partial charge in [0.25, 0.3) is 0 Å². The van der Waals surface area contributed by atoms with Gasteiger partial charge >= 0.3 is 0 Å². The largest absolute Gasteiger partial charge is 0.291 e. The molecule has 110 valence electrons. The normalized spacial score (nSPS) is 12.4. The molecule has 0 radical (unpaired) electrons. The van der Waals surface area contributed by atoms with Crippen LogP contribution in [0.2, 0.25) is 19.6 Å². The van der Waals surface area contributed by atoms with Crippen molar-refractivity contribution >= 4 is 8.07 Å². The van der Waals surface area contributed by atoms with Gasteiger partial charge in [0.1, 0.15) is 14.1 Å². The summed E-state index contributed by atoms with van der Waals surface area (Å²) in [6.45, 7) is 8.81. The van der Waals surface area contributed by atoms with Crippen molar-refractivity contribution in [3.05, 3.63) is 30.3 Å². The van der Waals surface area contributed by atoms with Gasteiger partial charge in [-0.1, -0.05) is 62.8 Å². The van der Waals surface area contributed by atoms with Crippen molar-refractivity contribution < 1.29 is 0 Å². The van der Waals surface area contributed by atoms with Crippen molar-refractivity contribution in [3.63, 3.8) is 0 Å². The van der Waals surface area contributed by atoms with E-state index < -0.39 is 8.07 Å². The van der Waals surface area contributed by atoms with Crippen LogP contribution in [0.3, 0.4) is 0 Å². The average Bonchev–Trinajstić information content (AvgIpc) is 2.91. The first-order valence-electron chi connectivity index (χ1n) is 7.12. The summed E-state index contributed by atoms with van der Waals surface area (Å²) in [4.78, 5) is 1.61. The minimum atomic E-state index is -1.38. The van der Waals surface area contributed by atoms with Gasteiger partial charge in [-0.2, -0.15) is 0 Å². The van der Waals surface area contributed by atoms with Crippen LogP contribution in [-0.2, 0) is 0 Å². The highest BCUT2D eigenvalue weighted by molar-refractivity contribution is 6.83. The summed E-state index contributed by atoms with van der Waals surface area (Å²) in [5.41, 5.74) is 7.64. The topological polar surface area (TPSA) is 55.6 Å². The Kier molecular flexibility index (Phi) is 4.76. The minimum Gasteiger partial charge on any atom is -0.291 e. The Morgan fingerprint density at radius 3 is 2.57 bits per heavy atom. The SMILES string of the molecule is CC[C@@H](C#C[Si](C)(C)C)Nn1nnnc1-c1ccccc1. The fraction of sp³-hybridized carbons (Fsp3) is 0.400. The Morgan fingerprint density at radius 1 is 1.24 bits per heavy atom. The Labute approximate surface area is 126 Å². The molecule has 0 aliphatic heterocycles. The van der Waals surface area contributed by atoms with E-state index in [2.05, 4.69) is 59.0 Å². The van der Waals surface area contributed by atoms with Crippen molar-refractivity contribution in [3.8, 4) is 22.9 Å². The highest BCUT2D eigenvalue weighted by Crippen LogP contribution is 2.13. The van der Waals surface area contributed by atoms with Crippen LogP contribution >= 0.6 is 0 Å². The van der Waals surface area contributed by atoms with Gasteiger partial charge in [0.05, 0.1) is 0 Å². The van der Waals surface area contributed by atoms with E-state index in [4.69, 9.17) is 0 Å². The standard InChI is InChI=1S/C15H21N5Si/c1-5-14(11-12-21(2,3)4)17-20-15(16-18-19-20)13-9-7-6-8-10-13/h6-10,14,17H,5H2,1-4H3/t14-/m0/s1. The maximum absolute atomic E-state index is 4.08. The second-order valence-electron chi connectivity index (χ2n) is 5.89. The zero-order chi connectivity index (χ0) is 15.3. The van der Waals surface area contributed by atoms with E-state index in [1.807, 2.05) is 30.3 Å². The molecule has 0 aliphatic rings. The van der Waals surface area contributed by atoms with Gasteiger partial charge in [-0.25, -0.2) is 0 Å². The molecular weight excluding hydrogens is 278 g/mol. The zero-order valence-electron chi connectivity index (χ0n) is 13.0. The molecule has 1 heterocycles. The second-order valence-corrected chi connectivity index (χ2v) is 10.6. The highest BCUT2D eigenvalue weighted by atomic mass is 28.3. The minimum absolute atomic E-state index is 0.0442. The van der Waals surface area contributed by atoms with Gasteiger partial charge in [-0.3, -0.25) is 5.43 Å². The van der Waals surface area contributed by atoms with Crippen LogP contribution in [0.25, 0.3) is 11.4 Å². The number of nitrogens with zero attached hydrogens (tertiary/aromatic N) is 4. The fourth-order valence-electron chi connectivity index (χ4n) is 1.72. The van der Waals surface area contributed by atoms with E-state index in [0.29, 0.717) is 5.82 Å². The third kappa shape index (κ3) is 4.43. The Bertz CT molecular complexity index is 633. The molecule has 5 nitrogen and oxygen atoms in total. The monoisotopic (exact) mass is 299 g/mol. The lowest BCUT2D eigenvalue weighted by molar-refractivity contribution is 0.644. The van der Waals surface area contributed by atoms with Gasteiger partial charge in [0, 0.05) is 5.56 Å².